The molecule has 0 saturated heterocycles. The van der Waals surface area contributed by atoms with E-state index in [0.717, 1.165) is 22.6 Å². The monoisotopic (exact) mass is 343 g/mol. The summed E-state index contributed by atoms with van der Waals surface area (Å²) in [6.07, 6.45) is 0. The van der Waals surface area contributed by atoms with Crippen LogP contribution in [0.1, 0.15) is 11.3 Å². The second-order valence-electron chi connectivity index (χ2n) is 3.81. The number of rotatable bonds is 5. The minimum absolute atomic E-state index is 0.0535. The van der Waals surface area contributed by atoms with Crippen molar-refractivity contribution in [2.24, 2.45) is 0 Å². The number of hydrogen-bond acceptors (Lipinski definition) is 5. The zero-order valence-corrected chi connectivity index (χ0v) is 12.1. The number of aromatic amines is 1. The van der Waals surface area contributed by atoms with Gasteiger partial charge in [-0.1, -0.05) is 27.3 Å². The maximum absolute atomic E-state index is 10.9. The Hall–Kier alpha value is -1.51. The molecule has 0 bridgehead atoms. The van der Waals surface area contributed by atoms with E-state index < -0.39 is 4.92 Å². The van der Waals surface area contributed by atoms with Gasteiger partial charge in [0.2, 0.25) is 0 Å². The summed E-state index contributed by atoms with van der Waals surface area (Å²) < 4.78 is 0.688. The first-order chi connectivity index (χ1) is 9.06. The van der Waals surface area contributed by atoms with Crippen LogP contribution in [0.3, 0.4) is 0 Å². The lowest BCUT2D eigenvalue weighted by Crippen LogP contribution is -2.14. The van der Waals surface area contributed by atoms with Crippen LogP contribution >= 0.6 is 27.3 Å². The zero-order valence-electron chi connectivity index (χ0n) is 9.68. The molecule has 2 aromatic rings. The maximum atomic E-state index is 10.9. The predicted octanol–water partition coefficient (Wildman–Crippen LogP) is 2.40. The summed E-state index contributed by atoms with van der Waals surface area (Å²) in [6, 6.07) is 4.64. The molecular weight excluding hydrogens is 334 g/mol. The molecule has 0 amide bonds. The van der Waals surface area contributed by atoms with Crippen molar-refractivity contribution in [3.05, 3.63) is 59.1 Å². The van der Waals surface area contributed by atoms with Crippen LogP contribution in [0.25, 0.3) is 0 Å². The summed E-state index contributed by atoms with van der Waals surface area (Å²) in [7, 11) is 0. The highest BCUT2D eigenvalue weighted by atomic mass is 79.9. The fourth-order valence-corrected chi connectivity index (χ4v) is 2.61. The zero-order chi connectivity index (χ0) is 13.8. The molecule has 0 aliphatic heterocycles. The van der Waals surface area contributed by atoms with Gasteiger partial charge in [0.1, 0.15) is 0 Å². The SMILES string of the molecule is O=c1[nH]c(CNCc2ccc([N+](=O)[O-])cc2Br)cs1. The van der Waals surface area contributed by atoms with Gasteiger partial charge in [-0.25, -0.2) is 0 Å². The summed E-state index contributed by atoms with van der Waals surface area (Å²) in [5.41, 5.74) is 1.80. The van der Waals surface area contributed by atoms with Crippen LogP contribution in [-0.4, -0.2) is 9.91 Å². The number of hydrogen-bond donors (Lipinski definition) is 2. The summed E-state index contributed by atoms with van der Waals surface area (Å²) in [5.74, 6) is 0. The minimum atomic E-state index is -0.432. The number of thiazole rings is 1. The Balaban J connectivity index is 1.96. The quantitative estimate of drug-likeness (QED) is 0.644. The molecule has 100 valence electrons. The third kappa shape index (κ3) is 3.72. The van der Waals surface area contributed by atoms with Gasteiger partial charge in [-0.15, -0.1) is 0 Å². The summed E-state index contributed by atoms with van der Waals surface area (Å²) in [4.78, 5) is 23.7. The molecule has 19 heavy (non-hydrogen) atoms. The van der Waals surface area contributed by atoms with E-state index in [-0.39, 0.29) is 10.6 Å². The minimum Gasteiger partial charge on any atom is -0.315 e. The summed E-state index contributed by atoms with van der Waals surface area (Å²) in [6.45, 7) is 1.10. The fourth-order valence-electron chi connectivity index (χ4n) is 1.53. The number of non-ortho nitro benzene ring substituents is 1. The highest BCUT2D eigenvalue weighted by Gasteiger charge is 2.08. The van der Waals surface area contributed by atoms with E-state index in [1.807, 2.05) is 0 Å². The summed E-state index contributed by atoms with van der Waals surface area (Å²) >= 11 is 4.43. The first-order valence-corrected chi connectivity index (χ1v) is 7.04. The number of H-pyrrole nitrogens is 1. The summed E-state index contributed by atoms with van der Waals surface area (Å²) in [5, 5.41) is 15.5. The van der Waals surface area contributed by atoms with Gasteiger partial charge < -0.3 is 10.3 Å². The molecule has 1 aromatic heterocycles. The Kier molecular flexibility index (Phi) is 4.46. The molecule has 0 fully saturated rings. The Bertz CT molecular complexity index is 653. The molecule has 1 aromatic carbocycles. The molecule has 8 heteroatoms. The van der Waals surface area contributed by atoms with E-state index in [9.17, 15) is 14.9 Å². The van der Waals surface area contributed by atoms with Gasteiger partial charge in [-0.05, 0) is 11.6 Å². The molecule has 2 rings (SSSR count). The normalized spacial score (nSPS) is 10.6. The Morgan fingerprint density at radius 1 is 1.42 bits per heavy atom. The van der Waals surface area contributed by atoms with E-state index >= 15 is 0 Å². The van der Waals surface area contributed by atoms with Crippen LogP contribution in [-0.2, 0) is 13.1 Å². The van der Waals surface area contributed by atoms with Crippen LogP contribution < -0.4 is 10.2 Å². The third-order valence-electron chi connectivity index (χ3n) is 2.45. The van der Waals surface area contributed by atoms with Gasteiger partial charge in [0.25, 0.3) is 5.69 Å². The Morgan fingerprint density at radius 2 is 2.21 bits per heavy atom. The molecule has 1 heterocycles. The van der Waals surface area contributed by atoms with Gasteiger partial charge in [0, 0.05) is 40.8 Å². The van der Waals surface area contributed by atoms with Crippen molar-refractivity contribution in [1.82, 2.24) is 10.3 Å². The standard InChI is InChI=1S/C11H10BrN3O3S/c12-10-3-9(15(17)18)2-1-7(10)4-13-5-8-6-19-11(16)14-8/h1-3,6,13H,4-5H2,(H,14,16). The molecule has 0 saturated carbocycles. The van der Waals surface area contributed by atoms with Crippen LogP contribution in [0.4, 0.5) is 5.69 Å². The number of nitrogens with zero attached hydrogens (tertiary/aromatic N) is 1. The van der Waals surface area contributed by atoms with E-state index in [1.165, 1.54) is 12.1 Å². The molecule has 0 atom stereocenters. The second kappa shape index (κ2) is 6.09. The average Bonchev–Trinajstić information content (AvgIpc) is 2.77. The topological polar surface area (TPSA) is 88.0 Å². The smallest absolute Gasteiger partial charge is 0.304 e. The molecule has 6 nitrogen and oxygen atoms in total. The van der Waals surface area contributed by atoms with E-state index in [0.29, 0.717) is 17.6 Å². The van der Waals surface area contributed by atoms with Gasteiger partial charge >= 0.3 is 4.87 Å². The van der Waals surface area contributed by atoms with Crippen molar-refractivity contribution in [3.63, 3.8) is 0 Å². The van der Waals surface area contributed by atoms with Crippen molar-refractivity contribution in [2.75, 3.05) is 0 Å². The molecule has 0 unspecified atom stereocenters. The van der Waals surface area contributed by atoms with E-state index in [2.05, 4.69) is 26.2 Å². The number of benzene rings is 1. The lowest BCUT2D eigenvalue weighted by Gasteiger charge is -2.05. The van der Waals surface area contributed by atoms with Crippen molar-refractivity contribution in [3.8, 4) is 0 Å². The van der Waals surface area contributed by atoms with Crippen molar-refractivity contribution >= 4 is 33.0 Å². The highest BCUT2D eigenvalue weighted by Crippen LogP contribution is 2.22. The lowest BCUT2D eigenvalue weighted by atomic mass is 10.2. The number of aromatic nitrogens is 1. The number of nitro groups is 1. The highest BCUT2D eigenvalue weighted by molar-refractivity contribution is 9.10. The van der Waals surface area contributed by atoms with Crippen molar-refractivity contribution in [1.29, 1.82) is 0 Å². The average molecular weight is 344 g/mol. The van der Waals surface area contributed by atoms with Crippen LogP contribution in [0, 0.1) is 10.1 Å². The van der Waals surface area contributed by atoms with Crippen molar-refractivity contribution < 1.29 is 4.92 Å². The van der Waals surface area contributed by atoms with Gasteiger partial charge in [-0.2, -0.15) is 0 Å². The van der Waals surface area contributed by atoms with Gasteiger partial charge in [-0.3, -0.25) is 14.9 Å². The molecule has 0 spiro atoms. The molecule has 0 radical (unpaired) electrons. The number of halogens is 1. The largest absolute Gasteiger partial charge is 0.315 e. The van der Waals surface area contributed by atoms with Gasteiger partial charge in [0.15, 0.2) is 0 Å². The predicted molar refractivity (Wildman–Crippen MR) is 76.3 cm³/mol. The first-order valence-electron chi connectivity index (χ1n) is 5.36. The van der Waals surface area contributed by atoms with Crippen molar-refractivity contribution in [2.45, 2.75) is 13.1 Å². The molecule has 2 N–H and O–H groups in total. The molecule has 0 aliphatic carbocycles. The van der Waals surface area contributed by atoms with Gasteiger partial charge in [0.05, 0.1) is 4.92 Å². The third-order valence-corrected chi connectivity index (χ3v) is 3.91. The molecular formula is C11H10BrN3O3S. The second-order valence-corrected chi connectivity index (χ2v) is 5.51. The van der Waals surface area contributed by atoms with Crippen LogP contribution in [0.5, 0.6) is 0 Å². The maximum Gasteiger partial charge on any atom is 0.304 e. The van der Waals surface area contributed by atoms with E-state index in [4.69, 9.17) is 0 Å². The lowest BCUT2D eigenvalue weighted by molar-refractivity contribution is -0.384. The fraction of sp³-hybridized carbons (Fsp3) is 0.182. The Labute approximate surface area is 120 Å². The Morgan fingerprint density at radius 3 is 2.79 bits per heavy atom. The first kappa shape index (κ1) is 13.9. The molecule has 0 aliphatic rings. The van der Waals surface area contributed by atoms with Crippen LogP contribution in [0.15, 0.2) is 32.8 Å². The van der Waals surface area contributed by atoms with Crippen LogP contribution in [0.2, 0.25) is 0 Å². The van der Waals surface area contributed by atoms with E-state index in [1.54, 1.807) is 11.4 Å². The number of nitrogens with one attached hydrogen (secondary N) is 2. The number of nitro benzene ring substituents is 1.